The van der Waals surface area contributed by atoms with Crippen LogP contribution in [0.15, 0.2) is 303 Å². The molecule has 0 heterocycles. The Morgan fingerprint density at radius 2 is 0.243 bits per heavy atom. The molecule has 0 saturated carbocycles. The van der Waals surface area contributed by atoms with E-state index in [0.29, 0.717) is 0 Å². The first-order chi connectivity index (χ1) is 34.7. The molecule has 11 rings (SSSR count). The third kappa shape index (κ3) is 9.31. The standard InChI is InChI=1S/C66H50N4/c1-7-19-51(20-8-1)53-31-35-59(36-32-53)67(55-23-11-3-12-24-55)61-39-43-63(44-40-61)69(57-27-15-5-16-28-57)65-47-49-66(50-48-65)70(58-29-17-6-18-30-58)64-45-41-62(42-46-64)68(56-25-13-4-14-26-56)60-37-33-54(34-38-60)52-21-9-2-10-22-52/h1-50H. The Balaban J connectivity index is 0.910. The molecule has 0 fully saturated rings. The van der Waals surface area contributed by atoms with Crippen molar-refractivity contribution in [3.05, 3.63) is 303 Å². The SMILES string of the molecule is c1ccc(-c2ccc(N(c3ccccc3)c3ccc(N(c4ccccc4)c4ccc(N(c5ccccc5)c5ccc(N(c6ccccc6)c6ccc(-c7ccccc7)cc6)cc5)cc4)cc3)cc2)cc1. The van der Waals surface area contributed by atoms with Gasteiger partial charge in [0, 0.05) is 68.2 Å². The highest BCUT2D eigenvalue weighted by Crippen LogP contribution is 2.43. The molecule has 0 amide bonds. The molecule has 0 N–H and O–H groups in total. The van der Waals surface area contributed by atoms with E-state index in [-0.39, 0.29) is 0 Å². The van der Waals surface area contributed by atoms with Gasteiger partial charge < -0.3 is 19.6 Å². The van der Waals surface area contributed by atoms with Crippen LogP contribution < -0.4 is 19.6 Å². The summed E-state index contributed by atoms with van der Waals surface area (Å²) in [5.74, 6) is 0. The van der Waals surface area contributed by atoms with Crippen LogP contribution in [0, 0.1) is 0 Å². The van der Waals surface area contributed by atoms with E-state index in [2.05, 4.69) is 323 Å². The summed E-state index contributed by atoms with van der Waals surface area (Å²) in [7, 11) is 0. The van der Waals surface area contributed by atoms with Crippen LogP contribution in [0.1, 0.15) is 0 Å². The zero-order valence-electron chi connectivity index (χ0n) is 38.7. The lowest BCUT2D eigenvalue weighted by molar-refractivity contribution is 1.24. The first-order valence-corrected chi connectivity index (χ1v) is 23.8. The highest BCUT2D eigenvalue weighted by molar-refractivity contribution is 5.85. The van der Waals surface area contributed by atoms with Crippen molar-refractivity contribution >= 4 is 68.2 Å². The Kier molecular flexibility index (Phi) is 12.5. The van der Waals surface area contributed by atoms with E-state index in [9.17, 15) is 0 Å². The van der Waals surface area contributed by atoms with Crippen molar-refractivity contribution in [1.82, 2.24) is 0 Å². The van der Waals surface area contributed by atoms with Gasteiger partial charge in [0.1, 0.15) is 0 Å². The van der Waals surface area contributed by atoms with Gasteiger partial charge in [-0.05, 0) is 168 Å². The van der Waals surface area contributed by atoms with Crippen LogP contribution in [-0.4, -0.2) is 0 Å². The zero-order valence-corrected chi connectivity index (χ0v) is 38.7. The molecule has 4 nitrogen and oxygen atoms in total. The van der Waals surface area contributed by atoms with Crippen molar-refractivity contribution in [2.75, 3.05) is 19.6 Å². The predicted octanol–water partition coefficient (Wildman–Crippen LogP) is 18.9. The van der Waals surface area contributed by atoms with Crippen molar-refractivity contribution in [2.24, 2.45) is 0 Å². The molecular weight excluding hydrogens is 849 g/mol. The maximum absolute atomic E-state index is 2.32. The lowest BCUT2D eigenvalue weighted by Crippen LogP contribution is -2.13. The number of para-hydroxylation sites is 4. The first kappa shape index (κ1) is 43.2. The average molecular weight is 899 g/mol. The number of anilines is 12. The van der Waals surface area contributed by atoms with Crippen LogP contribution in [0.25, 0.3) is 22.3 Å². The molecule has 0 aromatic heterocycles. The number of hydrogen-bond acceptors (Lipinski definition) is 4. The molecule has 0 radical (unpaired) electrons. The third-order valence-corrected chi connectivity index (χ3v) is 12.6. The fourth-order valence-corrected chi connectivity index (χ4v) is 9.22. The second-order valence-electron chi connectivity index (χ2n) is 17.1. The van der Waals surface area contributed by atoms with Crippen molar-refractivity contribution in [2.45, 2.75) is 0 Å². The maximum Gasteiger partial charge on any atom is 0.0463 e. The molecule has 334 valence electrons. The summed E-state index contributed by atoms with van der Waals surface area (Å²) < 4.78 is 0. The second-order valence-corrected chi connectivity index (χ2v) is 17.1. The second kappa shape index (κ2) is 20.2. The Bertz CT molecular complexity index is 3120. The molecule has 0 aliphatic rings. The lowest BCUT2D eigenvalue weighted by atomic mass is 10.0. The van der Waals surface area contributed by atoms with E-state index in [1.54, 1.807) is 0 Å². The molecule has 0 spiro atoms. The summed E-state index contributed by atoms with van der Waals surface area (Å²) in [6.45, 7) is 0. The summed E-state index contributed by atoms with van der Waals surface area (Å²) in [6, 6.07) is 108. The zero-order chi connectivity index (χ0) is 46.9. The molecular formula is C66H50N4. The smallest absolute Gasteiger partial charge is 0.0463 e. The van der Waals surface area contributed by atoms with Gasteiger partial charge in [0.2, 0.25) is 0 Å². The number of rotatable bonds is 14. The fraction of sp³-hybridized carbons (Fsp3) is 0. The van der Waals surface area contributed by atoms with E-state index >= 15 is 0 Å². The molecule has 11 aromatic rings. The third-order valence-electron chi connectivity index (χ3n) is 12.6. The van der Waals surface area contributed by atoms with Crippen molar-refractivity contribution in [3.63, 3.8) is 0 Å². The average Bonchev–Trinajstić information content (AvgIpc) is 3.44. The molecule has 0 bridgehead atoms. The Labute approximate surface area is 411 Å². The van der Waals surface area contributed by atoms with E-state index < -0.39 is 0 Å². The van der Waals surface area contributed by atoms with E-state index in [4.69, 9.17) is 0 Å². The topological polar surface area (TPSA) is 13.0 Å². The Hall–Kier alpha value is -9.38. The van der Waals surface area contributed by atoms with Crippen LogP contribution in [0.5, 0.6) is 0 Å². The molecule has 0 saturated heterocycles. The molecule has 0 aliphatic carbocycles. The number of hydrogen-bond donors (Lipinski definition) is 0. The van der Waals surface area contributed by atoms with E-state index in [0.717, 1.165) is 68.2 Å². The van der Waals surface area contributed by atoms with Gasteiger partial charge in [0.05, 0.1) is 0 Å². The van der Waals surface area contributed by atoms with Crippen molar-refractivity contribution in [1.29, 1.82) is 0 Å². The van der Waals surface area contributed by atoms with Crippen LogP contribution >= 0.6 is 0 Å². The van der Waals surface area contributed by atoms with Gasteiger partial charge in [-0.15, -0.1) is 0 Å². The molecule has 4 heteroatoms. The highest BCUT2D eigenvalue weighted by Gasteiger charge is 2.19. The molecule has 70 heavy (non-hydrogen) atoms. The molecule has 0 unspecified atom stereocenters. The van der Waals surface area contributed by atoms with Crippen LogP contribution in [0.4, 0.5) is 68.2 Å². The van der Waals surface area contributed by atoms with Gasteiger partial charge in [-0.25, -0.2) is 0 Å². The minimum absolute atomic E-state index is 1.05. The fourth-order valence-electron chi connectivity index (χ4n) is 9.22. The van der Waals surface area contributed by atoms with Crippen LogP contribution in [-0.2, 0) is 0 Å². The molecule has 0 atom stereocenters. The summed E-state index contributed by atoms with van der Waals surface area (Å²) >= 11 is 0. The number of benzene rings is 11. The van der Waals surface area contributed by atoms with Gasteiger partial charge >= 0.3 is 0 Å². The summed E-state index contributed by atoms with van der Waals surface area (Å²) in [5, 5.41) is 0. The normalized spacial score (nSPS) is 10.9. The lowest BCUT2D eigenvalue weighted by Gasteiger charge is -2.30. The van der Waals surface area contributed by atoms with Gasteiger partial charge in [-0.1, -0.05) is 158 Å². The molecule has 0 aliphatic heterocycles. The van der Waals surface area contributed by atoms with Gasteiger partial charge in [-0.2, -0.15) is 0 Å². The summed E-state index contributed by atoms with van der Waals surface area (Å²) in [6.07, 6.45) is 0. The van der Waals surface area contributed by atoms with E-state index in [1.165, 1.54) is 22.3 Å². The van der Waals surface area contributed by atoms with Crippen LogP contribution in [0.2, 0.25) is 0 Å². The van der Waals surface area contributed by atoms with Crippen LogP contribution in [0.3, 0.4) is 0 Å². The monoisotopic (exact) mass is 898 g/mol. The van der Waals surface area contributed by atoms with Crippen molar-refractivity contribution < 1.29 is 0 Å². The first-order valence-electron chi connectivity index (χ1n) is 23.8. The minimum Gasteiger partial charge on any atom is -0.311 e. The quantitative estimate of drug-likeness (QED) is 0.108. The van der Waals surface area contributed by atoms with Crippen molar-refractivity contribution in [3.8, 4) is 22.3 Å². The Morgan fingerprint density at radius 3 is 0.429 bits per heavy atom. The van der Waals surface area contributed by atoms with Gasteiger partial charge in [-0.3, -0.25) is 0 Å². The van der Waals surface area contributed by atoms with Gasteiger partial charge in [0.25, 0.3) is 0 Å². The molecule has 11 aromatic carbocycles. The summed E-state index contributed by atoms with van der Waals surface area (Å²) in [5.41, 5.74) is 17.7. The number of nitrogens with zero attached hydrogens (tertiary/aromatic N) is 4. The largest absolute Gasteiger partial charge is 0.311 e. The minimum atomic E-state index is 1.05. The maximum atomic E-state index is 2.32. The highest BCUT2D eigenvalue weighted by atomic mass is 15.2. The van der Waals surface area contributed by atoms with Gasteiger partial charge in [0.15, 0.2) is 0 Å². The predicted molar refractivity (Wildman–Crippen MR) is 296 cm³/mol. The summed E-state index contributed by atoms with van der Waals surface area (Å²) in [4.78, 5) is 9.27. The van der Waals surface area contributed by atoms with E-state index in [1.807, 2.05) is 0 Å². The Morgan fingerprint density at radius 1 is 0.114 bits per heavy atom.